The fourth-order valence-corrected chi connectivity index (χ4v) is 0.939. The van der Waals surface area contributed by atoms with E-state index in [2.05, 4.69) is 13.2 Å². The van der Waals surface area contributed by atoms with Gasteiger partial charge in [-0.1, -0.05) is 19.2 Å². The highest BCUT2D eigenvalue weighted by atomic mass is 16.5. The Morgan fingerprint density at radius 3 is 2.82 bits per heavy atom. The van der Waals surface area contributed by atoms with Gasteiger partial charge in [0.1, 0.15) is 5.76 Å². The molecule has 0 atom stereocenters. The molecule has 0 amide bonds. The van der Waals surface area contributed by atoms with E-state index in [9.17, 15) is 4.79 Å². The zero-order chi connectivity index (χ0) is 8.27. The van der Waals surface area contributed by atoms with Crippen LogP contribution >= 0.6 is 0 Å². The maximum absolute atomic E-state index is 11.1. The van der Waals surface area contributed by atoms with Crippen LogP contribution in [0.25, 0.3) is 0 Å². The number of carbonyl (C=O) groups is 1. The van der Waals surface area contributed by atoms with E-state index in [0.717, 1.165) is 0 Å². The summed E-state index contributed by atoms with van der Waals surface area (Å²) in [6.45, 7) is 7.55. The van der Waals surface area contributed by atoms with Crippen LogP contribution in [0.4, 0.5) is 0 Å². The van der Waals surface area contributed by atoms with Gasteiger partial charge in [0.2, 0.25) is 0 Å². The molecule has 0 aromatic rings. The summed E-state index contributed by atoms with van der Waals surface area (Å²) in [5.74, 6) is 0.544. The van der Waals surface area contributed by atoms with Crippen molar-refractivity contribution in [2.75, 3.05) is 6.61 Å². The van der Waals surface area contributed by atoms with Gasteiger partial charge in [-0.3, -0.25) is 4.79 Å². The van der Waals surface area contributed by atoms with Crippen molar-refractivity contribution in [2.24, 2.45) is 0 Å². The summed E-state index contributed by atoms with van der Waals surface area (Å²) >= 11 is 0. The van der Waals surface area contributed by atoms with Gasteiger partial charge in [0.15, 0.2) is 5.78 Å². The Bertz CT molecular complexity index is 218. The van der Waals surface area contributed by atoms with Crippen LogP contribution in [0.1, 0.15) is 6.42 Å². The van der Waals surface area contributed by atoms with Crippen LogP contribution in [0.15, 0.2) is 36.6 Å². The van der Waals surface area contributed by atoms with Gasteiger partial charge in [-0.25, -0.2) is 0 Å². The lowest BCUT2D eigenvalue weighted by molar-refractivity contribution is -0.117. The Hall–Kier alpha value is -1.31. The molecule has 1 aliphatic rings. The highest BCUT2D eigenvalue weighted by molar-refractivity contribution is 5.99. The average molecular weight is 150 g/mol. The van der Waals surface area contributed by atoms with Crippen LogP contribution in [0.5, 0.6) is 0 Å². The summed E-state index contributed by atoms with van der Waals surface area (Å²) in [5.41, 5.74) is 0.547. The van der Waals surface area contributed by atoms with Crippen LogP contribution in [-0.2, 0) is 9.53 Å². The first kappa shape index (κ1) is 7.79. The van der Waals surface area contributed by atoms with E-state index >= 15 is 0 Å². The predicted molar refractivity (Wildman–Crippen MR) is 43.0 cm³/mol. The fraction of sp³-hybridized carbons (Fsp3) is 0.222. The van der Waals surface area contributed by atoms with Crippen molar-refractivity contribution in [2.45, 2.75) is 6.42 Å². The molecule has 1 fully saturated rings. The van der Waals surface area contributed by atoms with Gasteiger partial charge in [-0.2, -0.15) is 0 Å². The third kappa shape index (κ3) is 1.58. The van der Waals surface area contributed by atoms with Crippen LogP contribution in [0.2, 0.25) is 0 Å². The van der Waals surface area contributed by atoms with E-state index in [1.165, 1.54) is 0 Å². The number of allylic oxidation sites excluding steroid dienone is 3. The minimum absolute atomic E-state index is 0.0844. The molecular weight excluding hydrogens is 140 g/mol. The molecular formula is C9H10O2. The van der Waals surface area contributed by atoms with Crippen molar-refractivity contribution >= 4 is 5.78 Å². The van der Waals surface area contributed by atoms with Gasteiger partial charge < -0.3 is 4.74 Å². The summed E-state index contributed by atoms with van der Waals surface area (Å²) in [4.78, 5) is 11.1. The van der Waals surface area contributed by atoms with Crippen molar-refractivity contribution in [3.63, 3.8) is 0 Å². The smallest absolute Gasteiger partial charge is 0.169 e. The molecule has 0 bridgehead atoms. The minimum Gasteiger partial charge on any atom is -0.493 e. The summed E-state index contributed by atoms with van der Waals surface area (Å²) in [7, 11) is 0. The first-order chi connectivity index (χ1) is 5.25. The molecule has 0 aromatic carbocycles. The second kappa shape index (κ2) is 3.19. The number of Topliss-reactive ketones (excluding diaryl/α,β-unsaturated/α-hetero) is 1. The quantitative estimate of drug-likeness (QED) is 0.531. The maximum atomic E-state index is 11.1. The lowest BCUT2D eigenvalue weighted by Gasteiger charge is -2.16. The second-order valence-corrected chi connectivity index (χ2v) is 2.26. The first-order valence-corrected chi connectivity index (χ1v) is 3.43. The van der Waals surface area contributed by atoms with E-state index in [-0.39, 0.29) is 5.78 Å². The van der Waals surface area contributed by atoms with Crippen LogP contribution < -0.4 is 0 Å². The Morgan fingerprint density at radius 2 is 2.27 bits per heavy atom. The normalized spacial score (nSPS) is 21.6. The summed E-state index contributed by atoms with van der Waals surface area (Å²) in [5, 5.41) is 0. The number of ether oxygens (including phenoxy) is 1. The SMILES string of the molecule is C=C/C=C1\C(=C)OCCC1=O. The van der Waals surface area contributed by atoms with Crippen LogP contribution in [-0.4, -0.2) is 12.4 Å². The highest BCUT2D eigenvalue weighted by Gasteiger charge is 2.18. The molecule has 0 aromatic heterocycles. The third-order valence-electron chi connectivity index (χ3n) is 1.49. The van der Waals surface area contributed by atoms with E-state index in [4.69, 9.17) is 4.74 Å². The van der Waals surface area contributed by atoms with E-state index in [1.807, 2.05) is 0 Å². The monoisotopic (exact) mass is 150 g/mol. The van der Waals surface area contributed by atoms with E-state index in [1.54, 1.807) is 12.2 Å². The molecule has 0 aliphatic carbocycles. The number of rotatable bonds is 1. The molecule has 0 saturated carbocycles. The summed E-state index contributed by atoms with van der Waals surface area (Å²) < 4.78 is 5.08. The molecule has 1 saturated heterocycles. The highest BCUT2D eigenvalue weighted by Crippen LogP contribution is 2.18. The number of carbonyl (C=O) groups excluding carboxylic acids is 1. The largest absolute Gasteiger partial charge is 0.493 e. The maximum Gasteiger partial charge on any atom is 0.169 e. The van der Waals surface area contributed by atoms with Crippen LogP contribution in [0.3, 0.4) is 0 Å². The molecule has 11 heavy (non-hydrogen) atoms. The Kier molecular flexibility index (Phi) is 2.26. The Labute approximate surface area is 65.9 Å². The van der Waals surface area contributed by atoms with E-state index < -0.39 is 0 Å². The van der Waals surface area contributed by atoms with Crippen molar-refractivity contribution in [3.05, 3.63) is 36.6 Å². The van der Waals surface area contributed by atoms with Gasteiger partial charge in [0.05, 0.1) is 12.2 Å². The summed E-state index contributed by atoms with van der Waals surface area (Å²) in [6.07, 6.45) is 3.63. The molecule has 1 heterocycles. The number of hydrogen-bond donors (Lipinski definition) is 0. The molecule has 0 radical (unpaired) electrons. The summed E-state index contributed by atoms with van der Waals surface area (Å²) in [6, 6.07) is 0. The predicted octanol–water partition coefficient (Wildman–Crippen LogP) is 1.60. The third-order valence-corrected chi connectivity index (χ3v) is 1.49. The number of hydrogen-bond acceptors (Lipinski definition) is 2. The standard InChI is InChI=1S/C9H10O2/c1-3-4-8-7(2)11-6-5-9(8)10/h3-4H,1-2,5-6H2/b8-4+. The molecule has 1 rings (SSSR count). The number of ketones is 1. The fourth-order valence-electron chi connectivity index (χ4n) is 0.939. The van der Waals surface area contributed by atoms with Gasteiger partial charge in [-0.15, -0.1) is 0 Å². The second-order valence-electron chi connectivity index (χ2n) is 2.26. The molecule has 2 heteroatoms. The Morgan fingerprint density at radius 1 is 1.55 bits per heavy atom. The topological polar surface area (TPSA) is 26.3 Å². The molecule has 2 nitrogen and oxygen atoms in total. The molecule has 0 unspecified atom stereocenters. The van der Waals surface area contributed by atoms with Crippen molar-refractivity contribution < 1.29 is 9.53 Å². The van der Waals surface area contributed by atoms with Gasteiger partial charge in [-0.05, 0) is 6.08 Å². The van der Waals surface area contributed by atoms with Crippen molar-refractivity contribution in [3.8, 4) is 0 Å². The lowest BCUT2D eigenvalue weighted by atomic mass is 10.1. The van der Waals surface area contributed by atoms with Crippen molar-refractivity contribution in [1.82, 2.24) is 0 Å². The molecule has 0 spiro atoms. The van der Waals surface area contributed by atoms with E-state index in [0.29, 0.717) is 24.4 Å². The van der Waals surface area contributed by atoms with Crippen LogP contribution in [0, 0.1) is 0 Å². The molecule has 58 valence electrons. The molecule has 0 N–H and O–H groups in total. The Balaban J connectivity index is 2.87. The van der Waals surface area contributed by atoms with Gasteiger partial charge in [0.25, 0.3) is 0 Å². The van der Waals surface area contributed by atoms with Gasteiger partial charge in [0, 0.05) is 6.42 Å². The minimum atomic E-state index is 0.0844. The van der Waals surface area contributed by atoms with Gasteiger partial charge >= 0.3 is 0 Å². The average Bonchev–Trinajstić information content (AvgIpc) is 1.97. The lowest BCUT2D eigenvalue weighted by Crippen LogP contribution is -2.16. The zero-order valence-corrected chi connectivity index (χ0v) is 6.30. The van der Waals surface area contributed by atoms with Crippen molar-refractivity contribution in [1.29, 1.82) is 0 Å². The zero-order valence-electron chi connectivity index (χ0n) is 6.30. The molecule has 1 aliphatic heterocycles. The first-order valence-electron chi connectivity index (χ1n) is 3.43.